The van der Waals surface area contributed by atoms with E-state index in [-0.39, 0.29) is 25.2 Å². The van der Waals surface area contributed by atoms with Crippen LogP contribution in [0.15, 0.2) is 16.6 Å². The van der Waals surface area contributed by atoms with Crippen LogP contribution in [0.2, 0.25) is 0 Å². The monoisotopic (exact) mass is 357 g/mol. The number of rotatable bonds is 5. The van der Waals surface area contributed by atoms with E-state index >= 15 is 0 Å². The first-order chi connectivity index (χ1) is 10.1. The lowest BCUT2D eigenvalue weighted by molar-refractivity contribution is -0.124. The minimum absolute atomic E-state index is 0.0488. The van der Waals surface area contributed by atoms with Crippen molar-refractivity contribution in [3.05, 3.63) is 27.7 Å². The SMILES string of the molecule is Cc1cc(Br)cc(CO)c1OCC(=O)NC1CCOCC1. The number of halogens is 1. The minimum Gasteiger partial charge on any atom is -0.483 e. The molecule has 1 aliphatic heterocycles. The Labute approximate surface area is 132 Å². The quantitative estimate of drug-likeness (QED) is 0.844. The molecule has 2 N–H and O–H groups in total. The van der Waals surface area contributed by atoms with E-state index in [4.69, 9.17) is 9.47 Å². The zero-order valence-corrected chi connectivity index (χ0v) is 13.6. The van der Waals surface area contributed by atoms with Crippen molar-refractivity contribution < 1.29 is 19.4 Å². The number of aliphatic hydroxyl groups excluding tert-OH is 1. The van der Waals surface area contributed by atoms with Gasteiger partial charge in [-0.15, -0.1) is 0 Å². The van der Waals surface area contributed by atoms with E-state index in [1.807, 2.05) is 13.0 Å². The smallest absolute Gasteiger partial charge is 0.258 e. The second kappa shape index (κ2) is 7.77. The van der Waals surface area contributed by atoms with E-state index in [9.17, 15) is 9.90 Å². The molecule has 5 nitrogen and oxygen atoms in total. The zero-order valence-electron chi connectivity index (χ0n) is 12.0. The van der Waals surface area contributed by atoms with Gasteiger partial charge in [-0.05, 0) is 37.5 Å². The summed E-state index contributed by atoms with van der Waals surface area (Å²) in [5.41, 5.74) is 1.55. The van der Waals surface area contributed by atoms with Crippen LogP contribution >= 0.6 is 15.9 Å². The number of nitrogens with one attached hydrogen (secondary N) is 1. The van der Waals surface area contributed by atoms with Gasteiger partial charge in [-0.1, -0.05) is 15.9 Å². The second-order valence-electron chi connectivity index (χ2n) is 5.11. The van der Waals surface area contributed by atoms with Gasteiger partial charge < -0.3 is 19.9 Å². The zero-order chi connectivity index (χ0) is 15.2. The fourth-order valence-corrected chi connectivity index (χ4v) is 2.99. The van der Waals surface area contributed by atoms with Crippen molar-refractivity contribution in [1.82, 2.24) is 5.32 Å². The number of amides is 1. The number of aliphatic hydroxyl groups is 1. The van der Waals surface area contributed by atoms with Crippen LogP contribution in [0.1, 0.15) is 24.0 Å². The molecule has 0 bridgehead atoms. The van der Waals surface area contributed by atoms with E-state index in [1.54, 1.807) is 6.07 Å². The third kappa shape index (κ3) is 4.69. The molecule has 6 heteroatoms. The maximum atomic E-state index is 11.9. The fraction of sp³-hybridized carbons (Fsp3) is 0.533. The molecule has 21 heavy (non-hydrogen) atoms. The van der Waals surface area contributed by atoms with Crippen LogP contribution in [0.4, 0.5) is 0 Å². The summed E-state index contributed by atoms with van der Waals surface area (Å²) in [5, 5.41) is 12.3. The van der Waals surface area contributed by atoms with Crippen LogP contribution in [0.3, 0.4) is 0 Å². The molecule has 0 saturated carbocycles. The molecule has 1 aliphatic rings. The summed E-state index contributed by atoms with van der Waals surface area (Å²) >= 11 is 3.38. The molecule has 0 spiro atoms. The minimum atomic E-state index is -0.145. The van der Waals surface area contributed by atoms with Crippen LogP contribution in [-0.2, 0) is 16.1 Å². The van der Waals surface area contributed by atoms with Crippen molar-refractivity contribution in [1.29, 1.82) is 0 Å². The Morgan fingerprint density at radius 3 is 2.86 bits per heavy atom. The van der Waals surface area contributed by atoms with Crippen LogP contribution < -0.4 is 10.1 Å². The second-order valence-corrected chi connectivity index (χ2v) is 6.03. The number of hydrogen-bond donors (Lipinski definition) is 2. The van der Waals surface area contributed by atoms with E-state index in [2.05, 4.69) is 21.2 Å². The predicted molar refractivity (Wildman–Crippen MR) is 82.3 cm³/mol. The van der Waals surface area contributed by atoms with Gasteiger partial charge in [-0.3, -0.25) is 4.79 Å². The Morgan fingerprint density at radius 2 is 2.19 bits per heavy atom. The molecule has 116 valence electrons. The van der Waals surface area contributed by atoms with E-state index in [0.717, 1.165) is 22.9 Å². The van der Waals surface area contributed by atoms with Crippen molar-refractivity contribution in [2.45, 2.75) is 32.4 Å². The van der Waals surface area contributed by atoms with Crippen LogP contribution in [-0.4, -0.2) is 36.9 Å². The molecular weight excluding hydrogens is 338 g/mol. The van der Waals surface area contributed by atoms with E-state index in [0.29, 0.717) is 24.5 Å². The Hall–Kier alpha value is -1.11. The third-order valence-electron chi connectivity index (χ3n) is 3.42. The molecule has 1 aromatic carbocycles. The van der Waals surface area contributed by atoms with Gasteiger partial charge in [0.05, 0.1) is 6.61 Å². The lowest BCUT2D eigenvalue weighted by Crippen LogP contribution is -2.41. The molecule has 0 radical (unpaired) electrons. The lowest BCUT2D eigenvalue weighted by Gasteiger charge is -2.23. The Morgan fingerprint density at radius 1 is 1.48 bits per heavy atom. The number of carbonyl (C=O) groups excluding carboxylic acids is 1. The predicted octanol–water partition coefficient (Wildman–Crippen LogP) is 1.92. The molecule has 1 aromatic rings. The number of aryl methyl sites for hydroxylation is 1. The van der Waals surface area contributed by atoms with Crippen molar-refractivity contribution >= 4 is 21.8 Å². The molecule has 1 heterocycles. The first-order valence-electron chi connectivity index (χ1n) is 7.00. The average molecular weight is 358 g/mol. The number of hydrogen-bond acceptors (Lipinski definition) is 4. The van der Waals surface area contributed by atoms with E-state index in [1.165, 1.54) is 0 Å². The molecule has 1 saturated heterocycles. The van der Waals surface area contributed by atoms with Gasteiger partial charge in [0.15, 0.2) is 6.61 Å². The summed E-state index contributed by atoms with van der Waals surface area (Å²) in [6.45, 7) is 3.08. The maximum Gasteiger partial charge on any atom is 0.258 e. The largest absolute Gasteiger partial charge is 0.483 e. The van der Waals surface area contributed by atoms with Crippen molar-refractivity contribution in [2.24, 2.45) is 0 Å². The molecular formula is C15H20BrNO4. The highest BCUT2D eigenvalue weighted by Gasteiger charge is 2.17. The first kappa shape index (κ1) is 16.3. The summed E-state index contributed by atoms with van der Waals surface area (Å²) in [6.07, 6.45) is 1.68. The Kier molecular flexibility index (Phi) is 6.02. The van der Waals surface area contributed by atoms with Gasteiger partial charge in [0.2, 0.25) is 0 Å². The molecule has 1 amide bonds. The fourth-order valence-electron chi connectivity index (χ4n) is 2.37. The molecule has 1 fully saturated rings. The van der Waals surface area contributed by atoms with Gasteiger partial charge in [0, 0.05) is 29.3 Å². The molecule has 0 atom stereocenters. The normalized spacial score (nSPS) is 15.8. The third-order valence-corrected chi connectivity index (χ3v) is 3.88. The van der Waals surface area contributed by atoms with E-state index < -0.39 is 0 Å². The van der Waals surface area contributed by atoms with Crippen molar-refractivity contribution in [2.75, 3.05) is 19.8 Å². The number of carbonyl (C=O) groups is 1. The Balaban J connectivity index is 1.91. The first-order valence-corrected chi connectivity index (χ1v) is 7.79. The van der Waals surface area contributed by atoms with Gasteiger partial charge in [0.1, 0.15) is 5.75 Å². The summed E-state index contributed by atoms with van der Waals surface area (Å²) < 4.78 is 11.7. The van der Waals surface area contributed by atoms with Gasteiger partial charge in [0.25, 0.3) is 5.91 Å². The van der Waals surface area contributed by atoms with Gasteiger partial charge in [-0.25, -0.2) is 0 Å². The summed E-state index contributed by atoms with van der Waals surface area (Å²) in [7, 11) is 0. The number of benzene rings is 1. The lowest BCUT2D eigenvalue weighted by atomic mass is 10.1. The highest BCUT2D eigenvalue weighted by molar-refractivity contribution is 9.10. The van der Waals surface area contributed by atoms with Gasteiger partial charge >= 0.3 is 0 Å². The summed E-state index contributed by atoms with van der Waals surface area (Å²) in [5.74, 6) is 0.427. The highest BCUT2D eigenvalue weighted by Crippen LogP contribution is 2.28. The molecule has 0 unspecified atom stereocenters. The molecule has 0 aromatic heterocycles. The highest BCUT2D eigenvalue weighted by atomic mass is 79.9. The topological polar surface area (TPSA) is 67.8 Å². The van der Waals surface area contributed by atoms with Crippen LogP contribution in [0.5, 0.6) is 5.75 Å². The molecule has 2 rings (SSSR count). The standard InChI is InChI=1S/C15H20BrNO4/c1-10-6-12(16)7-11(8-18)15(10)21-9-14(19)17-13-2-4-20-5-3-13/h6-7,13,18H,2-5,8-9H2,1H3,(H,17,19). The van der Waals surface area contributed by atoms with Crippen LogP contribution in [0, 0.1) is 6.92 Å². The summed E-state index contributed by atoms with van der Waals surface area (Å²) in [4.78, 5) is 11.9. The average Bonchev–Trinajstić information content (AvgIpc) is 2.46. The van der Waals surface area contributed by atoms with Gasteiger partial charge in [-0.2, -0.15) is 0 Å². The van der Waals surface area contributed by atoms with Crippen LogP contribution in [0.25, 0.3) is 0 Å². The van der Waals surface area contributed by atoms with Crippen molar-refractivity contribution in [3.63, 3.8) is 0 Å². The summed E-state index contributed by atoms with van der Waals surface area (Å²) in [6, 6.07) is 3.85. The molecule has 0 aliphatic carbocycles. The number of ether oxygens (including phenoxy) is 2. The Bertz CT molecular complexity index is 501. The maximum absolute atomic E-state index is 11.9. The van der Waals surface area contributed by atoms with Crippen molar-refractivity contribution in [3.8, 4) is 5.75 Å².